The van der Waals surface area contributed by atoms with Gasteiger partial charge in [0.1, 0.15) is 12.3 Å². The van der Waals surface area contributed by atoms with Crippen LogP contribution in [0.15, 0.2) is 77.7 Å². The van der Waals surface area contributed by atoms with Crippen LogP contribution in [0.2, 0.25) is 0 Å². The van der Waals surface area contributed by atoms with Gasteiger partial charge in [0.15, 0.2) is 5.69 Å². The van der Waals surface area contributed by atoms with Crippen molar-refractivity contribution in [1.82, 2.24) is 14.7 Å². The lowest BCUT2D eigenvalue weighted by Gasteiger charge is -2.12. The van der Waals surface area contributed by atoms with Crippen molar-refractivity contribution in [1.29, 1.82) is 0 Å². The number of amides is 1. The molecule has 0 spiro atoms. The quantitative estimate of drug-likeness (QED) is 0.444. The van der Waals surface area contributed by atoms with Crippen molar-refractivity contribution in [2.24, 2.45) is 0 Å². The number of rotatable bonds is 7. The number of pyridine rings is 1. The van der Waals surface area contributed by atoms with Gasteiger partial charge in [-0.3, -0.25) is 18.8 Å². The van der Waals surface area contributed by atoms with E-state index in [1.165, 1.54) is 4.40 Å². The van der Waals surface area contributed by atoms with Crippen molar-refractivity contribution >= 4 is 17.3 Å². The molecule has 4 rings (SSSR count). The van der Waals surface area contributed by atoms with Crippen molar-refractivity contribution in [3.05, 3.63) is 111 Å². The van der Waals surface area contributed by atoms with Crippen LogP contribution in [0.4, 0.5) is 0 Å². The Labute approximate surface area is 190 Å². The normalized spacial score (nSPS) is 10.7. The summed E-state index contributed by atoms with van der Waals surface area (Å²) in [5, 5.41) is 2.61. The molecule has 0 saturated carbocycles. The minimum atomic E-state index is -0.515. The van der Waals surface area contributed by atoms with Gasteiger partial charge in [-0.05, 0) is 43.2 Å². The van der Waals surface area contributed by atoms with Gasteiger partial charge in [0.2, 0.25) is 11.5 Å². The van der Waals surface area contributed by atoms with E-state index in [1.54, 1.807) is 36.5 Å². The molecular formula is C26H23N3O4. The standard InChI is InChI=1S/C26H23N3O4/c1-17-7-6-10-20(13-17)25(31)27-14-21(30)23-24(33-16-19-8-4-3-5-9-19)26(32)29-15-18(2)11-12-22(29)28-23/h3-13,15H,14,16H2,1-2H3,(H,27,31). The van der Waals surface area contributed by atoms with Crippen molar-refractivity contribution in [2.45, 2.75) is 20.5 Å². The Hall–Kier alpha value is -4.26. The maximum absolute atomic E-state index is 13.2. The van der Waals surface area contributed by atoms with Gasteiger partial charge >= 0.3 is 5.56 Å². The summed E-state index contributed by atoms with van der Waals surface area (Å²) < 4.78 is 7.16. The molecule has 2 aromatic heterocycles. The number of nitrogens with one attached hydrogen (secondary N) is 1. The van der Waals surface area contributed by atoms with Crippen LogP contribution in [-0.2, 0) is 6.61 Å². The molecule has 33 heavy (non-hydrogen) atoms. The van der Waals surface area contributed by atoms with Gasteiger partial charge in [-0.2, -0.15) is 0 Å². The highest BCUT2D eigenvalue weighted by Crippen LogP contribution is 2.16. The molecule has 0 fully saturated rings. The minimum absolute atomic E-state index is 0.103. The summed E-state index contributed by atoms with van der Waals surface area (Å²) in [5.74, 6) is -1.04. The lowest BCUT2D eigenvalue weighted by molar-refractivity contribution is 0.0900. The lowest BCUT2D eigenvalue weighted by Crippen LogP contribution is -2.32. The molecule has 0 aliphatic rings. The third kappa shape index (κ3) is 4.98. The SMILES string of the molecule is Cc1cccc(C(=O)NCC(=O)c2nc3ccc(C)cn3c(=O)c2OCc2ccccc2)c1. The zero-order valence-electron chi connectivity index (χ0n) is 18.4. The molecule has 7 heteroatoms. The molecule has 2 heterocycles. The smallest absolute Gasteiger partial charge is 0.301 e. The maximum Gasteiger partial charge on any atom is 0.301 e. The number of Topliss-reactive ketones (excluding diaryl/α,β-unsaturated/α-hetero) is 1. The number of ether oxygens (including phenoxy) is 1. The number of ketones is 1. The molecule has 1 amide bonds. The molecule has 0 unspecified atom stereocenters. The van der Waals surface area contributed by atoms with Crippen LogP contribution in [0, 0.1) is 13.8 Å². The molecule has 2 aromatic carbocycles. The molecule has 166 valence electrons. The van der Waals surface area contributed by atoms with Crippen LogP contribution in [0.1, 0.15) is 37.5 Å². The van der Waals surface area contributed by atoms with E-state index in [0.717, 1.165) is 16.7 Å². The first-order valence-electron chi connectivity index (χ1n) is 10.5. The van der Waals surface area contributed by atoms with Gasteiger partial charge < -0.3 is 10.1 Å². The van der Waals surface area contributed by atoms with Crippen LogP contribution >= 0.6 is 0 Å². The van der Waals surface area contributed by atoms with Crippen molar-refractivity contribution in [3.8, 4) is 5.75 Å². The van der Waals surface area contributed by atoms with Crippen LogP contribution in [0.3, 0.4) is 0 Å². The highest BCUT2D eigenvalue weighted by molar-refractivity contribution is 6.02. The average molecular weight is 441 g/mol. The van der Waals surface area contributed by atoms with Crippen LogP contribution in [-0.4, -0.2) is 27.6 Å². The van der Waals surface area contributed by atoms with Crippen LogP contribution < -0.4 is 15.6 Å². The molecule has 0 aliphatic heterocycles. The third-order valence-electron chi connectivity index (χ3n) is 5.11. The maximum atomic E-state index is 13.2. The predicted molar refractivity (Wildman–Crippen MR) is 125 cm³/mol. The Bertz CT molecular complexity index is 1390. The number of hydrogen-bond acceptors (Lipinski definition) is 5. The molecule has 0 aliphatic carbocycles. The van der Waals surface area contributed by atoms with Gasteiger partial charge in [0.05, 0.1) is 6.54 Å². The second-order valence-corrected chi connectivity index (χ2v) is 7.78. The summed E-state index contributed by atoms with van der Waals surface area (Å²) in [6.45, 7) is 3.53. The third-order valence-corrected chi connectivity index (χ3v) is 5.11. The van der Waals surface area contributed by atoms with Gasteiger partial charge in [-0.15, -0.1) is 0 Å². The van der Waals surface area contributed by atoms with E-state index < -0.39 is 11.3 Å². The molecule has 0 atom stereocenters. The summed E-state index contributed by atoms with van der Waals surface area (Å²) in [7, 11) is 0. The fourth-order valence-electron chi connectivity index (χ4n) is 3.41. The summed E-state index contributed by atoms with van der Waals surface area (Å²) in [6.07, 6.45) is 1.65. The number of fused-ring (bicyclic) bond motifs is 1. The number of carbonyl (C=O) groups excluding carboxylic acids is 2. The van der Waals surface area contributed by atoms with Gasteiger partial charge in [0.25, 0.3) is 5.91 Å². The van der Waals surface area contributed by atoms with Crippen LogP contribution in [0.5, 0.6) is 5.75 Å². The Morgan fingerprint density at radius 3 is 2.52 bits per heavy atom. The highest BCUT2D eigenvalue weighted by Gasteiger charge is 2.21. The molecular weight excluding hydrogens is 418 g/mol. The first-order chi connectivity index (χ1) is 15.9. The number of carbonyl (C=O) groups is 2. The number of benzene rings is 2. The summed E-state index contributed by atoms with van der Waals surface area (Å²) in [6, 6.07) is 19.9. The Kier molecular flexibility index (Phi) is 6.31. The molecule has 0 bridgehead atoms. The Morgan fingerprint density at radius 1 is 0.970 bits per heavy atom. The van der Waals surface area contributed by atoms with E-state index in [2.05, 4.69) is 10.3 Å². The van der Waals surface area contributed by atoms with E-state index in [9.17, 15) is 14.4 Å². The largest absolute Gasteiger partial charge is 0.481 e. The Balaban J connectivity index is 1.64. The number of aromatic nitrogens is 2. The topological polar surface area (TPSA) is 89.8 Å². The molecule has 7 nitrogen and oxygen atoms in total. The molecule has 0 saturated heterocycles. The number of nitrogens with zero attached hydrogens (tertiary/aromatic N) is 2. The zero-order valence-corrected chi connectivity index (χ0v) is 18.4. The summed E-state index contributed by atoms with van der Waals surface area (Å²) in [4.78, 5) is 43.1. The fourth-order valence-corrected chi connectivity index (χ4v) is 3.41. The van der Waals surface area contributed by atoms with E-state index in [4.69, 9.17) is 4.74 Å². The monoisotopic (exact) mass is 441 g/mol. The molecule has 0 radical (unpaired) electrons. The van der Waals surface area contributed by atoms with Crippen molar-refractivity contribution < 1.29 is 14.3 Å². The summed E-state index contributed by atoms with van der Waals surface area (Å²) >= 11 is 0. The van der Waals surface area contributed by atoms with Gasteiger partial charge in [-0.1, -0.05) is 54.1 Å². The zero-order chi connectivity index (χ0) is 23.4. The average Bonchev–Trinajstić information content (AvgIpc) is 2.82. The van der Waals surface area contributed by atoms with Crippen molar-refractivity contribution in [3.63, 3.8) is 0 Å². The molecule has 1 N–H and O–H groups in total. The Morgan fingerprint density at radius 2 is 1.76 bits per heavy atom. The lowest BCUT2D eigenvalue weighted by atomic mass is 10.1. The predicted octanol–water partition coefficient (Wildman–Crippen LogP) is 3.50. The number of hydrogen-bond donors (Lipinski definition) is 1. The fraction of sp³-hybridized carbons (Fsp3) is 0.154. The van der Waals surface area contributed by atoms with Crippen molar-refractivity contribution in [2.75, 3.05) is 6.54 Å². The summed E-state index contributed by atoms with van der Waals surface area (Å²) in [5.41, 5.74) is 2.83. The van der Waals surface area contributed by atoms with Gasteiger partial charge in [-0.25, -0.2) is 4.98 Å². The second-order valence-electron chi connectivity index (χ2n) is 7.78. The van der Waals surface area contributed by atoms with E-state index in [-0.39, 0.29) is 30.5 Å². The number of aryl methyl sites for hydroxylation is 2. The minimum Gasteiger partial charge on any atom is -0.481 e. The molecule has 4 aromatic rings. The van der Waals surface area contributed by atoms with E-state index in [0.29, 0.717) is 11.2 Å². The van der Waals surface area contributed by atoms with Crippen LogP contribution in [0.25, 0.3) is 5.65 Å². The van der Waals surface area contributed by atoms with E-state index >= 15 is 0 Å². The van der Waals surface area contributed by atoms with E-state index in [1.807, 2.05) is 50.2 Å². The van der Waals surface area contributed by atoms with Gasteiger partial charge in [0, 0.05) is 11.8 Å². The second kappa shape index (κ2) is 9.48. The first kappa shape index (κ1) is 22.0. The first-order valence-corrected chi connectivity index (χ1v) is 10.5. The highest BCUT2D eigenvalue weighted by atomic mass is 16.5.